The van der Waals surface area contributed by atoms with Gasteiger partial charge in [-0.2, -0.15) is 0 Å². The summed E-state index contributed by atoms with van der Waals surface area (Å²) < 4.78 is 25.4. The molecule has 12 nitrogen and oxygen atoms in total. The molecule has 0 aromatic heterocycles. The number of methoxy groups -OCH3 is 1. The summed E-state index contributed by atoms with van der Waals surface area (Å²) in [5.41, 5.74) is 0.216. The van der Waals surface area contributed by atoms with Gasteiger partial charge in [0.2, 0.25) is 0 Å². The molecule has 12 heteroatoms. The summed E-state index contributed by atoms with van der Waals surface area (Å²) in [5.74, 6) is 7.44. The van der Waals surface area contributed by atoms with E-state index in [-0.39, 0.29) is 49.1 Å². The first-order valence-corrected chi connectivity index (χ1v) is 12.6. The maximum Gasteiger partial charge on any atom is 0.338 e. The second-order valence-corrected chi connectivity index (χ2v) is 8.20. The third-order valence-electron chi connectivity index (χ3n) is 4.87. The summed E-state index contributed by atoms with van der Waals surface area (Å²) in [5, 5.41) is 34.9. The second kappa shape index (κ2) is 20.1. The quantitative estimate of drug-likeness (QED) is 0.179. The molecular weight excluding hydrogens is 600 g/mol. The van der Waals surface area contributed by atoms with Crippen molar-refractivity contribution in [2.24, 2.45) is 0 Å². The van der Waals surface area contributed by atoms with E-state index in [2.05, 4.69) is 28.4 Å². The molecule has 3 aromatic carbocycles. The Morgan fingerprint density at radius 3 is 1.13 bits per heavy atom. The van der Waals surface area contributed by atoms with Crippen LogP contribution in [0.5, 0.6) is 34.5 Å². The number of hydrogen-bond acceptors (Lipinski definition) is 10. The normalized spacial score (nSPS) is 8.98. The number of carbonyl (C=O) groups is 3. The van der Waals surface area contributed by atoms with Gasteiger partial charge in [0.1, 0.15) is 60.9 Å². The van der Waals surface area contributed by atoms with Crippen molar-refractivity contribution in [3.05, 3.63) is 71.3 Å². The van der Waals surface area contributed by atoms with Gasteiger partial charge in [-0.25, -0.2) is 14.4 Å². The fourth-order valence-corrected chi connectivity index (χ4v) is 3.05. The number of carbonyl (C=O) groups excluding carboxylic acids is 1. The molecule has 0 aliphatic carbocycles. The standard InChI is InChI=1S/C14H12O4.C13H10O4.C7H6O4/c1-4-6-17-12-8-11(14(15)16-3)9-13(10-12)18-7-5-2;1-3-5-16-11-7-10(13(14)15)8-12(9-11)17-6-4-2;8-5-1-4(7(10)11)2-6(9)3-5/h1-2,8-10H,6-7H2,3H3;1-2,7-9H,5-6H2,(H,14,15);1-3,8-9H,(H,10,11). The van der Waals surface area contributed by atoms with Crippen molar-refractivity contribution in [3.63, 3.8) is 0 Å². The van der Waals surface area contributed by atoms with Gasteiger partial charge in [0, 0.05) is 18.2 Å². The molecule has 4 N–H and O–H groups in total. The molecule has 3 aromatic rings. The summed E-state index contributed by atoms with van der Waals surface area (Å²) in [4.78, 5) is 32.6. The lowest BCUT2D eigenvalue weighted by atomic mass is 10.2. The zero-order valence-electron chi connectivity index (χ0n) is 24.4. The van der Waals surface area contributed by atoms with Crippen molar-refractivity contribution in [3.8, 4) is 83.9 Å². The number of phenols is 2. The van der Waals surface area contributed by atoms with Gasteiger partial charge in [0.25, 0.3) is 0 Å². The maximum absolute atomic E-state index is 11.5. The first-order chi connectivity index (χ1) is 22.0. The van der Waals surface area contributed by atoms with Crippen molar-refractivity contribution in [2.45, 2.75) is 0 Å². The Bertz CT molecular complexity index is 1590. The predicted molar refractivity (Wildman–Crippen MR) is 165 cm³/mol. The van der Waals surface area contributed by atoms with Crippen LogP contribution < -0.4 is 18.9 Å². The Labute approximate surface area is 265 Å². The minimum atomic E-state index is -1.18. The van der Waals surface area contributed by atoms with Crippen molar-refractivity contribution < 1.29 is 58.5 Å². The lowest BCUT2D eigenvalue weighted by Crippen LogP contribution is -2.04. The molecule has 0 unspecified atom stereocenters. The fraction of sp³-hybridized carbons (Fsp3) is 0.147. The number of carboxylic acids is 2. The first kappa shape index (κ1) is 37.1. The minimum Gasteiger partial charge on any atom is -0.508 e. The van der Waals surface area contributed by atoms with Gasteiger partial charge in [-0.1, -0.05) is 23.7 Å². The van der Waals surface area contributed by atoms with Crippen LogP contribution in [0.4, 0.5) is 0 Å². The topological polar surface area (TPSA) is 178 Å². The molecule has 0 saturated carbocycles. The van der Waals surface area contributed by atoms with Crippen molar-refractivity contribution in [1.29, 1.82) is 0 Å². The molecule has 0 saturated heterocycles. The Balaban J connectivity index is 0.000000355. The number of phenolic OH excluding ortho intramolecular Hbond substituents is 2. The smallest absolute Gasteiger partial charge is 0.338 e. The highest BCUT2D eigenvalue weighted by atomic mass is 16.5. The molecule has 236 valence electrons. The van der Waals surface area contributed by atoms with E-state index in [1.165, 1.54) is 37.4 Å². The Kier molecular flexibility index (Phi) is 16.2. The van der Waals surface area contributed by atoms with Crippen LogP contribution in [0, 0.1) is 49.4 Å². The minimum absolute atomic E-state index is 0.0477. The van der Waals surface area contributed by atoms with Crippen LogP contribution in [0.1, 0.15) is 31.1 Å². The highest BCUT2D eigenvalue weighted by molar-refractivity contribution is 5.90. The summed E-state index contributed by atoms with van der Waals surface area (Å²) in [6, 6.07) is 12.1. The molecular formula is C34H28O12. The molecule has 46 heavy (non-hydrogen) atoms. The van der Waals surface area contributed by atoms with E-state index in [0.717, 1.165) is 18.2 Å². The van der Waals surface area contributed by atoms with Crippen LogP contribution in [0.25, 0.3) is 0 Å². The molecule has 0 fully saturated rings. The van der Waals surface area contributed by atoms with Crippen LogP contribution in [-0.4, -0.2) is 71.9 Å². The van der Waals surface area contributed by atoms with E-state index in [9.17, 15) is 14.4 Å². The zero-order valence-corrected chi connectivity index (χ0v) is 24.4. The first-order valence-electron chi connectivity index (χ1n) is 12.6. The highest BCUT2D eigenvalue weighted by Crippen LogP contribution is 2.24. The Morgan fingerprint density at radius 1 is 0.543 bits per heavy atom. The van der Waals surface area contributed by atoms with Crippen molar-refractivity contribution in [2.75, 3.05) is 33.5 Å². The zero-order chi connectivity index (χ0) is 34.5. The highest BCUT2D eigenvalue weighted by Gasteiger charge is 2.11. The second-order valence-electron chi connectivity index (χ2n) is 8.20. The number of ether oxygens (including phenoxy) is 5. The Morgan fingerprint density at radius 2 is 0.848 bits per heavy atom. The number of rotatable bonds is 11. The lowest BCUT2D eigenvalue weighted by molar-refractivity contribution is 0.0598. The number of esters is 1. The maximum atomic E-state index is 11.5. The average molecular weight is 629 g/mol. The molecule has 0 amide bonds. The van der Waals surface area contributed by atoms with Crippen LogP contribution in [0.3, 0.4) is 0 Å². The summed E-state index contributed by atoms with van der Waals surface area (Å²) in [7, 11) is 1.29. The molecule has 0 bridgehead atoms. The van der Waals surface area contributed by atoms with Crippen LogP contribution in [-0.2, 0) is 4.74 Å². The number of aromatic hydroxyl groups is 2. The van der Waals surface area contributed by atoms with Gasteiger partial charge in [0.05, 0.1) is 23.8 Å². The SMILES string of the molecule is C#CCOc1cc(OCC#C)cc(C(=O)O)c1.C#CCOc1cc(OCC#C)cc(C(=O)OC)c1.O=C(O)c1cc(O)cc(O)c1. The van der Waals surface area contributed by atoms with Gasteiger partial charge in [0.15, 0.2) is 0 Å². The van der Waals surface area contributed by atoms with Crippen LogP contribution in [0.15, 0.2) is 54.6 Å². The van der Waals surface area contributed by atoms with E-state index >= 15 is 0 Å². The van der Waals surface area contributed by atoms with E-state index in [1.54, 1.807) is 6.07 Å². The molecule has 0 spiro atoms. The third kappa shape index (κ3) is 13.8. The van der Waals surface area contributed by atoms with Crippen LogP contribution in [0.2, 0.25) is 0 Å². The van der Waals surface area contributed by atoms with Gasteiger partial charge in [-0.15, -0.1) is 25.7 Å². The number of carboxylic acid groups (broad SMARTS) is 2. The average Bonchev–Trinajstić information content (AvgIpc) is 3.04. The van der Waals surface area contributed by atoms with Crippen molar-refractivity contribution >= 4 is 17.9 Å². The van der Waals surface area contributed by atoms with Gasteiger partial charge in [-0.05, 0) is 36.4 Å². The monoisotopic (exact) mass is 628 g/mol. The fourth-order valence-electron chi connectivity index (χ4n) is 3.05. The van der Waals surface area contributed by atoms with E-state index in [1.807, 2.05) is 0 Å². The van der Waals surface area contributed by atoms with E-state index in [0.29, 0.717) is 28.6 Å². The summed E-state index contributed by atoms with van der Waals surface area (Å²) >= 11 is 0. The largest absolute Gasteiger partial charge is 0.508 e. The molecule has 0 radical (unpaired) electrons. The molecule has 0 aliphatic rings. The molecule has 0 heterocycles. The van der Waals surface area contributed by atoms with Gasteiger partial charge < -0.3 is 44.1 Å². The predicted octanol–water partition coefficient (Wildman–Crippen LogP) is 3.70. The van der Waals surface area contributed by atoms with Gasteiger partial charge >= 0.3 is 17.9 Å². The third-order valence-corrected chi connectivity index (χ3v) is 4.87. The Hall–Kier alpha value is -6.89. The number of aromatic carboxylic acids is 2. The number of hydrogen-bond donors (Lipinski definition) is 4. The molecule has 3 rings (SSSR count). The summed E-state index contributed by atoms with van der Waals surface area (Å²) in [6.45, 7) is 0.299. The lowest BCUT2D eigenvalue weighted by Gasteiger charge is -2.09. The van der Waals surface area contributed by atoms with E-state index < -0.39 is 17.9 Å². The van der Waals surface area contributed by atoms with Crippen LogP contribution >= 0.6 is 0 Å². The van der Waals surface area contributed by atoms with Gasteiger partial charge in [-0.3, -0.25) is 0 Å². The molecule has 0 aliphatic heterocycles. The number of terminal acetylenes is 4. The molecule has 0 atom stereocenters. The summed E-state index contributed by atoms with van der Waals surface area (Å²) in [6.07, 6.45) is 20.3. The van der Waals surface area contributed by atoms with Crippen molar-refractivity contribution in [1.82, 2.24) is 0 Å². The number of benzene rings is 3. The van der Waals surface area contributed by atoms with E-state index in [4.69, 9.17) is 65.1 Å².